The summed E-state index contributed by atoms with van der Waals surface area (Å²) in [4.78, 5) is 2.28. The van der Waals surface area contributed by atoms with Crippen LogP contribution in [0.5, 0.6) is 0 Å². The zero-order valence-corrected chi connectivity index (χ0v) is 12.6. The second-order valence-electron chi connectivity index (χ2n) is 5.31. The number of hydrogen-bond donors (Lipinski definition) is 1. The van der Waals surface area contributed by atoms with Crippen LogP contribution in [-0.4, -0.2) is 18.5 Å². The molecular weight excluding hydrogens is 248 g/mol. The molecule has 0 spiro atoms. The normalized spacial score (nSPS) is 11.2. The zero-order valence-electron chi connectivity index (χ0n) is 12.6. The number of nitrogens with zero attached hydrogens (tertiary/aromatic N) is 1. The van der Waals surface area contributed by atoms with Gasteiger partial charge in [-0.05, 0) is 32.1 Å². The molecule has 0 aliphatic carbocycles. The third-order valence-electron chi connectivity index (χ3n) is 3.39. The lowest BCUT2D eigenvalue weighted by molar-refractivity contribution is 0.286. The first-order chi connectivity index (χ1) is 9.69. The molecule has 0 radical (unpaired) electrons. The van der Waals surface area contributed by atoms with Crippen LogP contribution in [0.1, 0.15) is 29.4 Å². The van der Waals surface area contributed by atoms with Crippen molar-refractivity contribution in [2.45, 2.75) is 33.5 Å². The van der Waals surface area contributed by atoms with Crippen molar-refractivity contribution in [2.24, 2.45) is 0 Å². The third-order valence-corrected chi connectivity index (χ3v) is 3.39. The summed E-state index contributed by atoms with van der Waals surface area (Å²) < 4.78 is 5.61. The molecule has 0 fully saturated rings. The van der Waals surface area contributed by atoms with Gasteiger partial charge in [0.05, 0.1) is 12.8 Å². The van der Waals surface area contributed by atoms with Gasteiger partial charge < -0.3 is 9.73 Å². The van der Waals surface area contributed by atoms with Gasteiger partial charge in [0.1, 0.15) is 5.76 Å². The average Bonchev–Trinajstić information content (AvgIpc) is 2.86. The highest BCUT2D eigenvalue weighted by molar-refractivity contribution is 5.21. The minimum atomic E-state index is 0.835. The Kier molecular flexibility index (Phi) is 5.39. The maximum absolute atomic E-state index is 5.61. The largest absolute Gasteiger partial charge is 0.468 e. The lowest BCUT2D eigenvalue weighted by atomic mass is 10.1. The molecule has 0 atom stereocenters. The van der Waals surface area contributed by atoms with Crippen LogP contribution in [-0.2, 0) is 19.6 Å². The van der Waals surface area contributed by atoms with Gasteiger partial charge in [0.25, 0.3) is 0 Å². The summed E-state index contributed by atoms with van der Waals surface area (Å²) in [5.41, 5.74) is 3.89. The van der Waals surface area contributed by atoms with Gasteiger partial charge in [0, 0.05) is 18.7 Å². The monoisotopic (exact) mass is 272 g/mol. The lowest BCUT2D eigenvalue weighted by Gasteiger charge is -2.16. The molecule has 2 rings (SSSR count). The van der Waals surface area contributed by atoms with E-state index in [1.165, 1.54) is 16.7 Å². The van der Waals surface area contributed by atoms with Gasteiger partial charge >= 0.3 is 0 Å². The highest BCUT2D eigenvalue weighted by Gasteiger charge is 2.09. The van der Waals surface area contributed by atoms with E-state index in [-0.39, 0.29) is 0 Å². The van der Waals surface area contributed by atoms with E-state index in [4.69, 9.17) is 4.42 Å². The van der Waals surface area contributed by atoms with E-state index in [0.717, 1.165) is 31.9 Å². The Labute approximate surface area is 121 Å². The van der Waals surface area contributed by atoms with Crippen LogP contribution in [0, 0.1) is 6.92 Å². The number of furan rings is 1. The Morgan fingerprint density at radius 1 is 1.10 bits per heavy atom. The van der Waals surface area contributed by atoms with Crippen LogP contribution in [0.3, 0.4) is 0 Å². The Hall–Kier alpha value is -1.58. The van der Waals surface area contributed by atoms with Crippen LogP contribution >= 0.6 is 0 Å². The smallest absolute Gasteiger partial charge is 0.122 e. The molecule has 0 saturated carbocycles. The van der Waals surface area contributed by atoms with Crippen molar-refractivity contribution in [1.29, 1.82) is 0 Å². The summed E-state index contributed by atoms with van der Waals surface area (Å²) in [6.07, 6.45) is 1.78. The Morgan fingerprint density at radius 3 is 2.55 bits per heavy atom. The highest BCUT2D eigenvalue weighted by Crippen LogP contribution is 2.14. The fourth-order valence-electron chi connectivity index (χ4n) is 2.23. The van der Waals surface area contributed by atoms with Crippen LogP contribution in [0.4, 0.5) is 0 Å². The van der Waals surface area contributed by atoms with Crippen molar-refractivity contribution in [3.05, 3.63) is 59.0 Å². The summed E-state index contributed by atoms with van der Waals surface area (Å²) >= 11 is 0. The van der Waals surface area contributed by atoms with Gasteiger partial charge in [-0.1, -0.05) is 36.8 Å². The number of nitrogens with one attached hydrogen (secondary N) is 1. The van der Waals surface area contributed by atoms with E-state index in [2.05, 4.69) is 61.4 Å². The number of aryl methyl sites for hydroxylation is 1. The van der Waals surface area contributed by atoms with E-state index in [1.807, 2.05) is 0 Å². The molecule has 0 unspecified atom stereocenters. The third kappa shape index (κ3) is 4.22. The van der Waals surface area contributed by atoms with E-state index in [0.29, 0.717) is 0 Å². The molecule has 20 heavy (non-hydrogen) atoms. The fraction of sp³-hybridized carbons (Fsp3) is 0.412. The number of benzene rings is 1. The van der Waals surface area contributed by atoms with Gasteiger partial charge in [-0.15, -0.1) is 0 Å². The highest BCUT2D eigenvalue weighted by atomic mass is 16.3. The second kappa shape index (κ2) is 7.27. The minimum Gasteiger partial charge on any atom is -0.468 e. The zero-order chi connectivity index (χ0) is 14.4. The number of hydrogen-bond acceptors (Lipinski definition) is 3. The van der Waals surface area contributed by atoms with Gasteiger partial charge in [-0.3, -0.25) is 4.90 Å². The predicted octanol–water partition coefficient (Wildman–Crippen LogP) is 3.33. The first-order valence-corrected chi connectivity index (χ1v) is 7.19. The molecule has 3 heteroatoms. The fourth-order valence-corrected chi connectivity index (χ4v) is 2.23. The Morgan fingerprint density at radius 2 is 1.85 bits per heavy atom. The molecule has 1 N–H and O–H groups in total. The van der Waals surface area contributed by atoms with Crippen LogP contribution in [0.25, 0.3) is 0 Å². The van der Waals surface area contributed by atoms with Gasteiger partial charge in [0.2, 0.25) is 0 Å². The molecule has 0 saturated heterocycles. The molecule has 0 aliphatic rings. The topological polar surface area (TPSA) is 28.4 Å². The SMILES string of the molecule is CCNCc1ccoc1CN(C)Cc1ccc(C)cc1. The molecule has 3 nitrogen and oxygen atoms in total. The molecule has 1 heterocycles. The van der Waals surface area contributed by atoms with Crippen molar-refractivity contribution in [3.63, 3.8) is 0 Å². The second-order valence-corrected chi connectivity index (χ2v) is 5.31. The summed E-state index contributed by atoms with van der Waals surface area (Å²) in [7, 11) is 2.12. The molecule has 1 aromatic carbocycles. The van der Waals surface area contributed by atoms with E-state index >= 15 is 0 Å². The van der Waals surface area contributed by atoms with E-state index in [9.17, 15) is 0 Å². The van der Waals surface area contributed by atoms with Crippen molar-refractivity contribution in [1.82, 2.24) is 10.2 Å². The standard InChI is InChI=1S/C17H24N2O/c1-4-18-11-16-9-10-20-17(16)13-19(3)12-15-7-5-14(2)6-8-15/h5-10,18H,4,11-13H2,1-3H3. The maximum atomic E-state index is 5.61. The van der Waals surface area contributed by atoms with Gasteiger partial charge in [0.15, 0.2) is 0 Å². The Balaban J connectivity index is 1.92. The molecule has 0 amide bonds. The van der Waals surface area contributed by atoms with Gasteiger partial charge in [-0.2, -0.15) is 0 Å². The molecule has 0 bridgehead atoms. The molecular formula is C17H24N2O. The summed E-state index contributed by atoms with van der Waals surface area (Å²) in [5.74, 6) is 1.06. The van der Waals surface area contributed by atoms with Crippen LogP contribution < -0.4 is 5.32 Å². The first-order valence-electron chi connectivity index (χ1n) is 7.19. The predicted molar refractivity (Wildman–Crippen MR) is 82.4 cm³/mol. The quantitative estimate of drug-likeness (QED) is 0.838. The summed E-state index contributed by atoms with van der Waals surface area (Å²) in [6.45, 7) is 7.85. The van der Waals surface area contributed by atoms with Crippen molar-refractivity contribution >= 4 is 0 Å². The van der Waals surface area contributed by atoms with E-state index < -0.39 is 0 Å². The van der Waals surface area contributed by atoms with Crippen molar-refractivity contribution < 1.29 is 4.42 Å². The molecule has 2 aromatic rings. The summed E-state index contributed by atoms with van der Waals surface area (Å²) in [6, 6.07) is 10.7. The minimum absolute atomic E-state index is 0.835. The molecule has 108 valence electrons. The van der Waals surface area contributed by atoms with Crippen molar-refractivity contribution in [2.75, 3.05) is 13.6 Å². The van der Waals surface area contributed by atoms with Crippen LogP contribution in [0.15, 0.2) is 41.0 Å². The summed E-state index contributed by atoms with van der Waals surface area (Å²) in [5, 5.41) is 3.34. The van der Waals surface area contributed by atoms with Crippen molar-refractivity contribution in [3.8, 4) is 0 Å². The van der Waals surface area contributed by atoms with Crippen LogP contribution in [0.2, 0.25) is 0 Å². The maximum Gasteiger partial charge on any atom is 0.122 e. The average molecular weight is 272 g/mol. The van der Waals surface area contributed by atoms with E-state index in [1.54, 1.807) is 6.26 Å². The Bertz CT molecular complexity index is 516. The number of rotatable bonds is 7. The lowest BCUT2D eigenvalue weighted by Crippen LogP contribution is -2.19. The van der Waals surface area contributed by atoms with Gasteiger partial charge in [-0.25, -0.2) is 0 Å². The first kappa shape index (κ1) is 14.8. The molecule has 0 aliphatic heterocycles. The molecule has 1 aromatic heterocycles.